The van der Waals surface area contributed by atoms with E-state index in [-0.39, 0.29) is 30.0 Å². The van der Waals surface area contributed by atoms with E-state index in [4.69, 9.17) is 0 Å². The number of imidazole rings is 1. The number of carbonyl (C=O) groups excluding carboxylic acids is 1. The van der Waals surface area contributed by atoms with Crippen LogP contribution in [0.5, 0.6) is 0 Å². The number of hydrogen-bond donors (Lipinski definition) is 0. The summed E-state index contributed by atoms with van der Waals surface area (Å²) in [6.45, 7) is 0.583. The second kappa shape index (κ2) is 7.04. The third kappa shape index (κ3) is 4.31. The van der Waals surface area contributed by atoms with Gasteiger partial charge in [-0.1, -0.05) is 28.1 Å². The van der Waals surface area contributed by atoms with Crippen LogP contribution in [-0.4, -0.2) is 22.5 Å². The van der Waals surface area contributed by atoms with Crippen molar-refractivity contribution in [3.05, 3.63) is 53.0 Å². The van der Waals surface area contributed by atoms with E-state index < -0.39 is 0 Å². The first-order valence-corrected chi connectivity index (χ1v) is 6.39. The quantitative estimate of drug-likeness (QED) is 0.447. The monoisotopic (exact) mass is 435 g/mol. The molecule has 0 N–H and O–H groups in total. The molecule has 0 bridgehead atoms. The van der Waals surface area contributed by atoms with Crippen LogP contribution >= 0.6 is 15.9 Å². The summed E-state index contributed by atoms with van der Waals surface area (Å²) >= 11 is 3.43. The minimum absolute atomic E-state index is 0. The molecule has 0 aliphatic rings. The minimum atomic E-state index is -0.0458. The Labute approximate surface area is 138 Å². The predicted octanol–water partition coefficient (Wildman–Crippen LogP) is -0.821. The summed E-state index contributed by atoms with van der Waals surface area (Å²) < 4.78 is 4.43. The zero-order valence-electron chi connectivity index (χ0n) is 10.8. The van der Waals surface area contributed by atoms with E-state index >= 15 is 0 Å². The summed E-state index contributed by atoms with van der Waals surface area (Å²) in [5.41, 5.74) is 1.09. The molecule has 0 unspecified atom stereocenters. The van der Waals surface area contributed by atoms with Gasteiger partial charge in [0.05, 0.1) is 7.05 Å². The fraction of sp³-hybridized carbons (Fsp3) is 0.231. The standard InChI is InChI=1S/C13H15BrN3O.HI/c1-15-6-7-17(10-15)13(18)16(2)9-11-4-3-5-12(14)8-11;/h3-8,10H,9H2,1-2H3;1H/q+1;/p-1. The summed E-state index contributed by atoms with van der Waals surface area (Å²) in [4.78, 5) is 13.8. The second-order valence-electron chi connectivity index (χ2n) is 4.25. The van der Waals surface area contributed by atoms with Crippen LogP contribution < -0.4 is 28.5 Å². The van der Waals surface area contributed by atoms with Crippen LogP contribution in [0.4, 0.5) is 4.79 Å². The van der Waals surface area contributed by atoms with Gasteiger partial charge in [0.25, 0.3) is 6.33 Å². The smallest absolute Gasteiger partial charge is 0.415 e. The van der Waals surface area contributed by atoms with Crippen molar-refractivity contribution >= 4 is 22.0 Å². The summed E-state index contributed by atoms with van der Waals surface area (Å²) in [6, 6.07) is 7.91. The van der Waals surface area contributed by atoms with E-state index in [1.807, 2.05) is 42.1 Å². The lowest BCUT2D eigenvalue weighted by molar-refractivity contribution is -0.670. The number of carbonyl (C=O) groups is 1. The first-order valence-electron chi connectivity index (χ1n) is 5.59. The maximum atomic E-state index is 12.1. The number of aromatic nitrogens is 2. The molecule has 2 aromatic rings. The summed E-state index contributed by atoms with van der Waals surface area (Å²) in [7, 11) is 3.68. The highest BCUT2D eigenvalue weighted by Crippen LogP contribution is 2.13. The average molecular weight is 436 g/mol. The Kier molecular flexibility index (Phi) is 5.99. The molecular weight excluding hydrogens is 421 g/mol. The molecule has 0 aliphatic heterocycles. The van der Waals surface area contributed by atoms with Gasteiger partial charge >= 0.3 is 6.03 Å². The molecule has 1 aromatic carbocycles. The van der Waals surface area contributed by atoms with E-state index in [1.54, 1.807) is 29.0 Å². The summed E-state index contributed by atoms with van der Waals surface area (Å²) in [5.74, 6) is 0. The number of rotatable bonds is 2. The van der Waals surface area contributed by atoms with Crippen molar-refractivity contribution in [2.75, 3.05) is 7.05 Å². The first-order chi connectivity index (χ1) is 8.56. The molecule has 1 amide bonds. The molecule has 1 aromatic heterocycles. The maximum Gasteiger partial charge on any atom is 0.415 e. The molecule has 0 saturated heterocycles. The van der Waals surface area contributed by atoms with E-state index in [1.165, 1.54) is 0 Å². The van der Waals surface area contributed by atoms with E-state index in [0.29, 0.717) is 6.54 Å². The Balaban J connectivity index is 0.00000180. The van der Waals surface area contributed by atoms with Gasteiger partial charge in [0.2, 0.25) is 0 Å². The predicted molar refractivity (Wildman–Crippen MR) is 72.0 cm³/mol. The van der Waals surface area contributed by atoms with E-state index in [9.17, 15) is 4.79 Å². The normalized spacial score (nSPS) is 9.84. The van der Waals surface area contributed by atoms with E-state index in [0.717, 1.165) is 10.0 Å². The number of benzene rings is 1. The van der Waals surface area contributed by atoms with Crippen molar-refractivity contribution in [1.29, 1.82) is 0 Å². The topological polar surface area (TPSA) is 29.1 Å². The number of amides is 1. The molecule has 6 heteroatoms. The molecule has 2 rings (SSSR count). The van der Waals surface area contributed by atoms with Gasteiger partial charge in [0.1, 0.15) is 12.4 Å². The van der Waals surface area contributed by atoms with Crippen LogP contribution in [-0.2, 0) is 13.6 Å². The van der Waals surface area contributed by atoms with Crippen LogP contribution in [0.15, 0.2) is 47.5 Å². The van der Waals surface area contributed by atoms with Gasteiger partial charge in [-0.25, -0.2) is 9.36 Å². The van der Waals surface area contributed by atoms with Crippen molar-refractivity contribution in [3.8, 4) is 0 Å². The van der Waals surface area contributed by atoms with Crippen molar-refractivity contribution < 1.29 is 33.3 Å². The number of aryl methyl sites for hydroxylation is 1. The van der Waals surface area contributed by atoms with Gasteiger partial charge in [0, 0.05) is 18.1 Å². The van der Waals surface area contributed by atoms with Gasteiger partial charge in [0.15, 0.2) is 0 Å². The van der Waals surface area contributed by atoms with E-state index in [2.05, 4.69) is 15.9 Å². The minimum Gasteiger partial charge on any atom is -1.00 e. The van der Waals surface area contributed by atoms with Crippen molar-refractivity contribution in [2.24, 2.45) is 7.05 Å². The molecular formula is C13H15BrIN3O. The molecule has 0 saturated carbocycles. The van der Waals surface area contributed by atoms with Gasteiger partial charge in [-0.2, -0.15) is 4.57 Å². The zero-order valence-corrected chi connectivity index (χ0v) is 14.5. The first kappa shape index (κ1) is 16.2. The second-order valence-corrected chi connectivity index (χ2v) is 5.17. The highest BCUT2D eigenvalue weighted by Gasteiger charge is 2.17. The molecule has 19 heavy (non-hydrogen) atoms. The van der Waals surface area contributed by atoms with Gasteiger partial charge in [-0.15, -0.1) is 0 Å². The molecule has 102 valence electrons. The third-order valence-corrected chi connectivity index (χ3v) is 3.12. The number of hydrogen-bond acceptors (Lipinski definition) is 1. The molecule has 0 aliphatic carbocycles. The fourth-order valence-electron chi connectivity index (χ4n) is 1.74. The Morgan fingerprint density at radius 1 is 1.47 bits per heavy atom. The zero-order chi connectivity index (χ0) is 13.1. The largest absolute Gasteiger partial charge is 1.00 e. The van der Waals surface area contributed by atoms with Crippen LogP contribution in [0.1, 0.15) is 5.56 Å². The van der Waals surface area contributed by atoms with Gasteiger partial charge in [-0.05, 0) is 17.7 Å². The lowest BCUT2D eigenvalue weighted by Crippen LogP contribution is -3.00. The van der Waals surface area contributed by atoms with Crippen molar-refractivity contribution in [2.45, 2.75) is 6.54 Å². The van der Waals surface area contributed by atoms with Crippen molar-refractivity contribution in [1.82, 2.24) is 9.47 Å². The molecule has 1 heterocycles. The summed E-state index contributed by atoms with van der Waals surface area (Å²) in [6.07, 6.45) is 5.34. The van der Waals surface area contributed by atoms with Gasteiger partial charge < -0.3 is 28.9 Å². The molecule has 0 spiro atoms. The Morgan fingerprint density at radius 3 is 2.79 bits per heavy atom. The highest BCUT2D eigenvalue weighted by atomic mass is 127. The maximum absolute atomic E-state index is 12.1. The van der Waals surface area contributed by atoms with Crippen LogP contribution in [0.3, 0.4) is 0 Å². The molecule has 0 fully saturated rings. The lowest BCUT2D eigenvalue weighted by Gasteiger charge is -2.14. The number of halogens is 2. The summed E-state index contributed by atoms with van der Waals surface area (Å²) in [5, 5.41) is 0. The van der Waals surface area contributed by atoms with Crippen LogP contribution in [0.2, 0.25) is 0 Å². The Bertz CT molecular complexity index is 571. The Hall–Kier alpha value is -0.890. The average Bonchev–Trinajstić information content (AvgIpc) is 2.75. The molecule has 0 radical (unpaired) electrons. The van der Waals surface area contributed by atoms with Crippen LogP contribution in [0.25, 0.3) is 0 Å². The highest BCUT2D eigenvalue weighted by molar-refractivity contribution is 9.10. The molecule has 4 nitrogen and oxygen atoms in total. The van der Waals surface area contributed by atoms with Gasteiger partial charge in [-0.3, -0.25) is 0 Å². The fourth-order valence-corrected chi connectivity index (χ4v) is 2.18. The third-order valence-electron chi connectivity index (χ3n) is 2.63. The SMILES string of the molecule is CN(Cc1cccc(Br)c1)C(=O)n1cc[n+](C)c1.[I-]. The van der Waals surface area contributed by atoms with Crippen molar-refractivity contribution in [3.63, 3.8) is 0 Å². The molecule has 0 atom stereocenters. The lowest BCUT2D eigenvalue weighted by atomic mass is 10.2. The Morgan fingerprint density at radius 2 is 2.21 bits per heavy atom. The number of nitrogens with zero attached hydrogens (tertiary/aromatic N) is 3. The van der Waals surface area contributed by atoms with Crippen LogP contribution in [0, 0.1) is 0 Å².